The summed E-state index contributed by atoms with van der Waals surface area (Å²) in [6, 6.07) is 7.82. The van der Waals surface area contributed by atoms with E-state index < -0.39 is 55.5 Å². The van der Waals surface area contributed by atoms with Gasteiger partial charge in [0.2, 0.25) is 32.5 Å². The van der Waals surface area contributed by atoms with Crippen LogP contribution in [0.3, 0.4) is 0 Å². The molecule has 0 atom stereocenters. The number of carbonyl (C=O) groups is 4. The smallest absolute Gasteiger partial charge is 0.407 e. The van der Waals surface area contributed by atoms with Crippen molar-refractivity contribution in [1.29, 1.82) is 0 Å². The second-order valence-corrected chi connectivity index (χ2v) is 21.0. The summed E-state index contributed by atoms with van der Waals surface area (Å²) in [4.78, 5) is 64.5. The van der Waals surface area contributed by atoms with Gasteiger partial charge in [-0.25, -0.2) is 41.7 Å². The number of sulfone groups is 1. The molecule has 2 aliphatic carbocycles. The van der Waals surface area contributed by atoms with E-state index in [0.717, 1.165) is 75.8 Å². The second-order valence-electron chi connectivity index (χ2n) is 18.8. The van der Waals surface area contributed by atoms with E-state index in [1.807, 2.05) is 41.5 Å². The number of nitrogens with zero attached hydrogens (tertiary/aromatic N) is 4. The van der Waals surface area contributed by atoms with Crippen molar-refractivity contribution in [1.82, 2.24) is 30.6 Å². The number of methoxy groups -OCH3 is 2. The van der Waals surface area contributed by atoms with Crippen molar-refractivity contribution in [3.63, 3.8) is 0 Å². The fourth-order valence-corrected chi connectivity index (χ4v) is 7.96. The highest BCUT2D eigenvalue weighted by Gasteiger charge is 2.28. The van der Waals surface area contributed by atoms with Crippen LogP contribution in [0.1, 0.15) is 132 Å². The zero-order chi connectivity index (χ0) is 52.8. The van der Waals surface area contributed by atoms with Gasteiger partial charge in [0.1, 0.15) is 46.0 Å². The minimum absolute atomic E-state index is 0.0101. The summed E-state index contributed by atoms with van der Waals surface area (Å²) < 4.78 is 71.1. The van der Waals surface area contributed by atoms with Gasteiger partial charge in [0.15, 0.2) is 0 Å². The number of ether oxygens (including phenoxy) is 4. The highest BCUT2D eigenvalue weighted by molar-refractivity contribution is 7.91. The van der Waals surface area contributed by atoms with Crippen molar-refractivity contribution in [3.05, 3.63) is 82.7 Å². The fourth-order valence-electron chi connectivity index (χ4n) is 7.25. The number of benzene rings is 2. The fraction of sp³-hybridized carbons (Fsp3) is 0.500. The van der Waals surface area contributed by atoms with E-state index in [1.165, 1.54) is 45.5 Å². The molecule has 0 unspecified atom stereocenters. The lowest BCUT2D eigenvalue weighted by Gasteiger charge is -2.30. The number of halogens is 2. The Bertz CT molecular complexity index is 2610. The van der Waals surface area contributed by atoms with Crippen LogP contribution >= 0.6 is 0 Å². The van der Waals surface area contributed by atoms with Crippen molar-refractivity contribution in [2.75, 3.05) is 36.8 Å². The van der Waals surface area contributed by atoms with Crippen molar-refractivity contribution in [3.8, 4) is 11.5 Å². The Kier molecular flexibility index (Phi) is 19.9. The first-order valence-electron chi connectivity index (χ1n) is 23.0. The molecular weight excluding hydrogens is 947 g/mol. The van der Waals surface area contributed by atoms with Crippen LogP contribution < -0.4 is 42.6 Å². The third-order valence-corrected chi connectivity index (χ3v) is 12.4. The highest BCUT2D eigenvalue weighted by Crippen LogP contribution is 2.28. The number of aromatic nitrogens is 4. The lowest BCUT2D eigenvalue weighted by molar-refractivity contribution is 0.0480. The molecule has 9 N–H and O–H groups in total. The monoisotopic (exact) mass is 1010 g/mol. The Labute approximate surface area is 412 Å². The van der Waals surface area contributed by atoms with Crippen LogP contribution in [0.2, 0.25) is 0 Å². The Hall–Kier alpha value is -6.75. The third-order valence-electron chi connectivity index (χ3n) is 10.8. The molecule has 4 aromatic rings. The zero-order valence-electron chi connectivity index (χ0n) is 41.6. The molecule has 2 aliphatic rings. The summed E-state index contributed by atoms with van der Waals surface area (Å²) in [5, 5.41) is 8.55. The summed E-state index contributed by atoms with van der Waals surface area (Å²) in [5.41, 5.74) is 16.4. The number of hydrogen-bond donors (Lipinski definition) is 6. The zero-order valence-corrected chi connectivity index (χ0v) is 42.4. The number of amides is 2. The van der Waals surface area contributed by atoms with Crippen LogP contribution in [-0.4, -0.2) is 107 Å². The molecule has 2 aromatic heterocycles. The minimum atomic E-state index is -3.65. The van der Waals surface area contributed by atoms with Crippen LogP contribution in [-0.2, 0) is 19.3 Å². The van der Waals surface area contributed by atoms with Crippen molar-refractivity contribution >= 4 is 51.2 Å². The quantitative estimate of drug-likeness (QED) is 0.0635. The Morgan fingerprint density at radius 1 is 0.648 bits per heavy atom. The van der Waals surface area contributed by atoms with Crippen LogP contribution in [0.4, 0.5) is 36.0 Å². The topological polar surface area (TPSA) is 305 Å². The molecular formula is C48H66F2N10O10S. The average molecular weight is 1010 g/mol. The van der Waals surface area contributed by atoms with Gasteiger partial charge in [-0.3, -0.25) is 9.59 Å². The molecule has 6 rings (SSSR count). The van der Waals surface area contributed by atoms with E-state index in [2.05, 4.69) is 35.9 Å². The van der Waals surface area contributed by atoms with E-state index >= 15 is 0 Å². The first-order valence-corrected chi connectivity index (χ1v) is 24.6. The highest BCUT2D eigenvalue weighted by atomic mass is 32.2. The third kappa shape index (κ3) is 17.6. The SMILES string of the molecule is CC(C)(C)OC(=O)NC1CCC(N)CC1.CCS(=O)(=O)c1ncc(C(=O)c2cc(F)ccc2OC)c(N)n1.COc1ccc(F)cc1C(=O)c1cnc(NC2CCC(NC(=O)OC(C)(C)C)CC2)nc1N. The number of nitrogens with one attached hydrogen (secondary N) is 3. The van der Waals surface area contributed by atoms with Crippen LogP contribution in [0.15, 0.2) is 53.9 Å². The molecule has 0 bridgehead atoms. The van der Waals surface area contributed by atoms with Gasteiger partial charge in [-0.15, -0.1) is 0 Å². The summed E-state index contributed by atoms with van der Waals surface area (Å²) in [6.07, 6.45) is 8.65. The average Bonchev–Trinajstić information content (AvgIpc) is 3.29. The lowest BCUT2D eigenvalue weighted by atomic mass is 9.91. The van der Waals surface area contributed by atoms with E-state index in [1.54, 1.807) is 0 Å². The summed E-state index contributed by atoms with van der Waals surface area (Å²) in [6.45, 7) is 12.5. The number of ketones is 2. The van der Waals surface area contributed by atoms with Gasteiger partial charge in [0.05, 0.1) is 42.2 Å². The van der Waals surface area contributed by atoms with Crippen LogP contribution in [0.5, 0.6) is 11.5 Å². The van der Waals surface area contributed by atoms with Crippen molar-refractivity contribution < 1.29 is 55.3 Å². The second kappa shape index (κ2) is 24.9. The summed E-state index contributed by atoms with van der Waals surface area (Å²) in [7, 11) is -0.914. The van der Waals surface area contributed by atoms with Gasteiger partial charge in [0.25, 0.3) is 0 Å². The Morgan fingerprint density at radius 2 is 1.06 bits per heavy atom. The van der Waals surface area contributed by atoms with Gasteiger partial charge in [-0.05, 0) is 129 Å². The van der Waals surface area contributed by atoms with Gasteiger partial charge in [0, 0.05) is 36.6 Å². The molecule has 0 saturated heterocycles. The summed E-state index contributed by atoms with van der Waals surface area (Å²) >= 11 is 0. The van der Waals surface area contributed by atoms with Gasteiger partial charge >= 0.3 is 12.2 Å². The molecule has 2 fully saturated rings. The Morgan fingerprint density at radius 3 is 1.45 bits per heavy atom. The van der Waals surface area contributed by atoms with Gasteiger partial charge in [-0.2, -0.15) is 4.98 Å². The molecule has 2 heterocycles. The molecule has 2 aromatic carbocycles. The molecule has 0 aliphatic heterocycles. The van der Waals surface area contributed by atoms with Crippen LogP contribution in [0.25, 0.3) is 0 Å². The maximum Gasteiger partial charge on any atom is 0.407 e. The standard InChI is InChI=1S/C23H30FN5O4.C14H14FN3O4S.C11H22N2O2/c1-23(2,3)33-22(31)28-15-8-6-14(7-9-15)27-21-26-12-17(20(25)29-21)19(30)16-11-13(24)5-10-18(16)32-4;1-3-23(20,21)14-17-7-10(13(16)18-14)12(19)9-6-8(15)4-5-11(9)22-2;1-11(2,3)15-10(14)13-9-6-4-8(12)5-7-9/h5,10-12,14-15H,6-9H2,1-4H3,(H,28,31)(H3,25,26,27,29);4-7H,3H2,1-2H3,(H2,16,17,18);8-9H,4-7,12H2,1-3H3,(H,13,14). The molecule has 2 saturated carbocycles. The molecule has 20 nitrogen and oxygen atoms in total. The lowest BCUT2D eigenvalue weighted by Crippen LogP contribution is -2.42. The van der Waals surface area contributed by atoms with Crippen molar-refractivity contribution in [2.24, 2.45) is 5.73 Å². The number of hydrogen-bond acceptors (Lipinski definition) is 18. The normalized spacial score (nSPS) is 17.9. The maximum absolute atomic E-state index is 13.6. The largest absolute Gasteiger partial charge is 0.496 e. The van der Waals surface area contributed by atoms with Crippen LogP contribution in [0, 0.1) is 11.6 Å². The van der Waals surface area contributed by atoms with E-state index in [9.17, 15) is 36.4 Å². The number of anilines is 3. The maximum atomic E-state index is 13.6. The predicted octanol–water partition coefficient (Wildman–Crippen LogP) is 6.70. The number of alkyl carbamates (subject to hydrolysis) is 2. The molecule has 388 valence electrons. The van der Waals surface area contributed by atoms with Crippen molar-refractivity contribution in [2.45, 2.75) is 140 Å². The molecule has 23 heteroatoms. The molecule has 0 spiro atoms. The molecule has 2 amide bonds. The first-order chi connectivity index (χ1) is 33.2. The molecule has 71 heavy (non-hydrogen) atoms. The van der Waals surface area contributed by atoms with E-state index in [4.69, 9.17) is 36.1 Å². The van der Waals surface area contributed by atoms with E-state index in [-0.39, 0.29) is 75.4 Å². The van der Waals surface area contributed by atoms with Gasteiger partial charge in [-0.1, -0.05) is 6.92 Å². The summed E-state index contributed by atoms with van der Waals surface area (Å²) in [5.74, 6) is -2.19. The first kappa shape index (κ1) is 56.8. The van der Waals surface area contributed by atoms with E-state index in [0.29, 0.717) is 12.0 Å². The molecule has 0 radical (unpaired) electrons. The number of nitrogen functional groups attached to an aromatic ring is 2. The number of nitrogens with two attached hydrogens (primary N) is 3. The number of rotatable bonds is 12. The van der Waals surface area contributed by atoms with Gasteiger partial charge < -0.3 is 52.1 Å². The minimum Gasteiger partial charge on any atom is -0.496 e. The number of carbonyl (C=O) groups excluding carboxylic acids is 4. The predicted molar refractivity (Wildman–Crippen MR) is 262 cm³/mol. The Balaban J connectivity index is 0.000000250.